The molecule has 1 aromatic carbocycles. The normalized spacial score (nSPS) is 36.0. The van der Waals surface area contributed by atoms with Gasteiger partial charge in [0, 0.05) is 30.5 Å². The van der Waals surface area contributed by atoms with Crippen LogP contribution in [0, 0.1) is 17.8 Å². The highest BCUT2D eigenvalue weighted by Gasteiger charge is 2.41. The third kappa shape index (κ3) is 2.94. The summed E-state index contributed by atoms with van der Waals surface area (Å²) in [4.78, 5) is 4.87. The minimum absolute atomic E-state index is 0.301. The molecule has 0 saturated carbocycles. The van der Waals surface area contributed by atoms with Crippen molar-refractivity contribution in [1.82, 2.24) is 5.32 Å². The maximum atomic E-state index is 5.41. The standard InChI is InChI=1S/C20H26N2O/c1-23-17-9-5-8-15(10-17)19-13-22-20-18(19)11-16(12-21-20)14-6-3-2-4-7-14/h3,5-6,8-10,12,14,16,18-20,22H,2,4,7,11,13H2,1H3. The molecule has 2 aliphatic heterocycles. The molecule has 3 aliphatic rings. The fraction of sp³-hybridized carbons (Fsp3) is 0.550. The fourth-order valence-corrected chi connectivity index (χ4v) is 4.52. The maximum Gasteiger partial charge on any atom is 0.119 e. The zero-order chi connectivity index (χ0) is 15.6. The van der Waals surface area contributed by atoms with Crippen molar-refractivity contribution in [1.29, 1.82) is 0 Å². The highest BCUT2D eigenvalue weighted by Crippen LogP contribution is 2.42. The summed E-state index contributed by atoms with van der Waals surface area (Å²) in [5, 5.41) is 3.61. The largest absolute Gasteiger partial charge is 0.497 e. The van der Waals surface area contributed by atoms with Gasteiger partial charge in [-0.15, -0.1) is 0 Å². The van der Waals surface area contributed by atoms with Crippen LogP contribution in [0.1, 0.15) is 37.2 Å². The van der Waals surface area contributed by atoms with Crippen molar-refractivity contribution in [3.63, 3.8) is 0 Å². The second-order valence-electron chi connectivity index (χ2n) is 7.12. The minimum atomic E-state index is 0.301. The molecule has 0 amide bonds. The summed E-state index contributed by atoms with van der Waals surface area (Å²) in [6.45, 7) is 1.02. The molecule has 1 N–H and O–H groups in total. The van der Waals surface area contributed by atoms with Crippen LogP contribution in [-0.4, -0.2) is 26.0 Å². The van der Waals surface area contributed by atoms with Crippen LogP contribution in [0.4, 0.5) is 0 Å². The fourth-order valence-electron chi connectivity index (χ4n) is 4.52. The van der Waals surface area contributed by atoms with E-state index in [9.17, 15) is 0 Å². The number of hydrogen-bond donors (Lipinski definition) is 1. The Balaban J connectivity index is 1.54. The van der Waals surface area contributed by atoms with Gasteiger partial charge >= 0.3 is 0 Å². The van der Waals surface area contributed by atoms with E-state index in [1.54, 1.807) is 7.11 Å². The van der Waals surface area contributed by atoms with Gasteiger partial charge in [0.1, 0.15) is 11.9 Å². The average molecular weight is 310 g/mol. The van der Waals surface area contributed by atoms with Gasteiger partial charge in [-0.25, -0.2) is 0 Å². The number of aliphatic imine (C=N–C) groups is 1. The zero-order valence-corrected chi connectivity index (χ0v) is 13.8. The first kappa shape index (κ1) is 14.9. The molecule has 3 nitrogen and oxygen atoms in total. The third-order valence-corrected chi connectivity index (χ3v) is 5.82. The van der Waals surface area contributed by atoms with Gasteiger partial charge in [-0.05, 0) is 49.3 Å². The Morgan fingerprint density at radius 3 is 3.04 bits per heavy atom. The van der Waals surface area contributed by atoms with Gasteiger partial charge in [0.2, 0.25) is 0 Å². The van der Waals surface area contributed by atoms with Gasteiger partial charge in [-0.2, -0.15) is 0 Å². The number of nitrogens with zero attached hydrogens (tertiary/aromatic N) is 1. The molecule has 0 bridgehead atoms. The Morgan fingerprint density at radius 2 is 2.22 bits per heavy atom. The predicted molar refractivity (Wildman–Crippen MR) is 94.1 cm³/mol. The predicted octanol–water partition coefficient (Wildman–Crippen LogP) is 3.77. The van der Waals surface area contributed by atoms with Gasteiger partial charge in [0.05, 0.1) is 7.11 Å². The molecule has 122 valence electrons. The first-order chi connectivity index (χ1) is 11.3. The number of allylic oxidation sites excluding steroid dienone is 2. The summed E-state index contributed by atoms with van der Waals surface area (Å²) in [5.74, 6) is 3.41. The molecule has 1 aliphatic carbocycles. The zero-order valence-electron chi connectivity index (χ0n) is 13.8. The number of hydrogen-bond acceptors (Lipinski definition) is 3. The summed E-state index contributed by atoms with van der Waals surface area (Å²) < 4.78 is 5.41. The number of fused-ring (bicyclic) bond motifs is 1. The maximum absolute atomic E-state index is 5.41. The molecule has 2 heterocycles. The lowest BCUT2D eigenvalue weighted by atomic mass is 9.74. The first-order valence-corrected chi connectivity index (χ1v) is 8.92. The van der Waals surface area contributed by atoms with Crippen LogP contribution in [0.25, 0.3) is 0 Å². The molecule has 0 spiro atoms. The minimum Gasteiger partial charge on any atom is -0.497 e. The van der Waals surface area contributed by atoms with Crippen molar-refractivity contribution in [2.75, 3.05) is 13.7 Å². The molecule has 3 heteroatoms. The molecule has 1 aromatic rings. The number of rotatable bonds is 3. The lowest BCUT2D eigenvalue weighted by Gasteiger charge is -2.33. The van der Waals surface area contributed by atoms with Crippen molar-refractivity contribution >= 4 is 6.21 Å². The van der Waals surface area contributed by atoms with Crippen molar-refractivity contribution in [3.8, 4) is 5.75 Å². The van der Waals surface area contributed by atoms with E-state index in [0.717, 1.165) is 12.3 Å². The van der Waals surface area contributed by atoms with Crippen LogP contribution in [-0.2, 0) is 0 Å². The Hall–Kier alpha value is -1.61. The highest BCUT2D eigenvalue weighted by atomic mass is 16.5. The average Bonchev–Trinajstić information content (AvgIpc) is 3.05. The van der Waals surface area contributed by atoms with Gasteiger partial charge < -0.3 is 4.74 Å². The summed E-state index contributed by atoms with van der Waals surface area (Å²) in [5.41, 5.74) is 1.39. The van der Waals surface area contributed by atoms with Crippen LogP contribution >= 0.6 is 0 Å². The monoisotopic (exact) mass is 310 g/mol. The topological polar surface area (TPSA) is 33.6 Å². The van der Waals surface area contributed by atoms with E-state index in [1.807, 2.05) is 6.07 Å². The van der Waals surface area contributed by atoms with E-state index in [-0.39, 0.29) is 0 Å². The molecule has 4 rings (SSSR count). The molecule has 5 unspecified atom stereocenters. The van der Waals surface area contributed by atoms with Crippen molar-refractivity contribution in [2.45, 2.75) is 37.8 Å². The smallest absolute Gasteiger partial charge is 0.119 e. The molecule has 0 radical (unpaired) electrons. The molecule has 1 saturated heterocycles. The Kier molecular flexibility index (Phi) is 4.21. The van der Waals surface area contributed by atoms with E-state index in [4.69, 9.17) is 9.73 Å². The van der Waals surface area contributed by atoms with Crippen LogP contribution in [0.3, 0.4) is 0 Å². The summed E-state index contributed by atoms with van der Waals surface area (Å²) in [7, 11) is 1.74. The number of ether oxygens (including phenoxy) is 1. The van der Waals surface area contributed by atoms with E-state index in [0.29, 0.717) is 29.8 Å². The van der Waals surface area contributed by atoms with E-state index in [2.05, 4.69) is 41.9 Å². The second kappa shape index (κ2) is 6.48. The lowest BCUT2D eigenvalue weighted by molar-refractivity contribution is 0.299. The SMILES string of the molecule is COc1cccc(C2CNC3N=CC(C4C=CCCC4)CC32)c1. The van der Waals surface area contributed by atoms with Gasteiger partial charge in [0.15, 0.2) is 0 Å². The van der Waals surface area contributed by atoms with Crippen LogP contribution in [0.2, 0.25) is 0 Å². The Morgan fingerprint density at radius 1 is 1.26 bits per heavy atom. The van der Waals surface area contributed by atoms with Crippen LogP contribution in [0.15, 0.2) is 41.4 Å². The highest BCUT2D eigenvalue weighted by molar-refractivity contribution is 5.63. The quantitative estimate of drug-likeness (QED) is 0.862. The lowest BCUT2D eigenvalue weighted by Crippen LogP contribution is -2.34. The van der Waals surface area contributed by atoms with Crippen molar-refractivity contribution in [2.24, 2.45) is 22.7 Å². The van der Waals surface area contributed by atoms with E-state index >= 15 is 0 Å². The number of benzene rings is 1. The Bertz CT molecular complexity index is 609. The molecular formula is C20H26N2O. The summed E-state index contributed by atoms with van der Waals surface area (Å²) in [6, 6.07) is 8.57. The Labute approximate surface area is 138 Å². The van der Waals surface area contributed by atoms with Gasteiger partial charge in [0.25, 0.3) is 0 Å². The molecular weight excluding hydrogens is 284 g/mol. The third-order valence-electron chi connectivity index (χ3n) is 5.82. The molecule has 1 fully saturated rings. The van der Waals surface area contributed by atoms with E-state index in [1.165, 1.54) is 31.2 Å². The first-order valence-electron chi connectivity index (χ1n) is 8.92. The number of nitrogens with one attached hydrogen (secondary N) is 1. The molecule has 23 heavy (non-hydrogen) atoms. The van der Waals surface area contributed by atoms with Crippen molar-refractivity contribution in [3.05, 3.63) is 42.0 Å². The second-order valence-corrected chi connectivity index (χ2v) is 7.12. The van der Waals surface area contributed by atoms with Gasteiger partial charge in [-0.1, -0.05) is 24.3 Å². The molecule has 0 aromatic heterocycles. The van der Waals surface area contributed by atoms with Crippen LogP contribution < -0.4 is 10.1 Å². The van der Waals surface area contributed by atoms with Gasteiger partial charge in [-0.3, -0.25) is 10.3 Å². The summed E-state index contributed by atoms with van der Waals surface area (Å²) in [6.07, 6.45) is 12.5. The summed E-state index contributed by atoms with van der Waals surface area (Å²) >= 11 is 0. The van der Waals surface area contributed by atoms with Crippen LogP contribution in [0.5, 0.6) is 5.75 Å². The molecule has 5 atom stereocenters. The van der Waals surface area contributed by atoms with Crippen molar-refractivity contribution < 1.29 is 4.74 Å². The number of methoxy groups -OCH3 is 1. The van der Waals surface area contributed by atoms with E-state index < -0.39 is 0 Å².